The second-order valence-corrected chi connectivity index (χ2v) is 7.24. The lowest BCUT2D eigenvalue weighted by atomic mass is 10.0. The van der Waals surface area contributed by atoms with Crippen LogP contribution in [0.25, 0.3) is 0 Å². The zero-order valence-electron chi connectivity index (χ0n) is 15.7. The molecular weight excluding hydrogens is 391 g/mol. The molecule has 0 fully saturated rings. The summed E-state index contributed by atoms with van der Waals surface area (Å²) in [4.78, 5) is 29.4. The van der Waals surface area contributed by atoms with Gasteiger partial charge in [-0.05, 0) is 43.3 Å². The Balaban J connectivity index is 1.78. The maximum Gasteiger partial charge on any atom is 0.259 e. The van der Waals surface area contributed by atoms with Crippen molar-refractivity contribution < 1.29 is 14.0 Å². The van der Waals surface area contributed by atoms with Crippen molar-refractivity contribution in [3.63, 3.8) is 0 Å². The molecule has 0 radical (unpaired) electrons. The Kier molecular flexibility index (Phi) is 5.07. The zero-order valence-corrected chi connectivity index (χ0v) is 16.4. The van der Waals surface area contributed by atoms with Crippen LogP contribution in [0.2, 0.25) is 5.02 Å². The first-order valence-electron chi connectivity index (χ1n) is 9.21. The molecule has 0 aromatic heterocycles. The smallest absolute Gasteiger partial charge is 0.259 e. The highest BCUT2D eigenvalue weighted by Crippen LogP contribution is 2.38. The SMILES string of the molecule is CC1C(=O)N(Cc2c(F)cccc2Cl)c2ccccc2N1C(=O)c1ccccc1. The van der Waals surface area contributed by atoms with E-state index in [1.807, 2.05) is 6.07 Å². The molecule has 146 valence electrons. The minimum absolute atomic E-state index is 0.0148. The Morgan fingerprint density at radius 2 is 1.62 bits per heavy atom. The van der Waals surface area contributed by atoms with Gasteiger partial charge in [0.15, 0.2) is 0 Å². The van der Waals surface area contributed by atoms with Gasteiger partial charge in [-0.1, -0.05) is 48.0 Å². The highest BCUT2D eigenvalue weighted by atomic mass is 35.5. The van der Waals surface area contributed by atoms with Crippen molar-refractivity contribution in [3.05, 3.63) is 94.8 Å². The highest BCUT2D eigenvalue weighted by Gasteiger charge is 2.39. The van der Waals surface area contributed by atoms with Crippen LogP contribution >= 0.6 is 11.6 Å². The number of amides is 2. The zero-order chi connectivity index (χ0) is 20.5. The van der Waals surface area contributed by atoms with E-state index in [9.17, 15) is 14.0 Å². The fourth-order valence-corrected chi connectivity index (χ4v) is 3.79. The topological polar surface area (TPSA) is 40.6 Å². The predicted molar refractivity (Wildman–Crippen MR) is 112 cm³/mol. The molecule has 2 amide bonds. The van der Waals surface area contributed by atoms with Crippen LogP contribution in [0.4, 0.5) is 15.8 Å². The standard InChI is InChI=1S/C23H18ClFN2O2/c1-15-22(28)26(14-17-18(24)10-7-11-19(17)25)20-12-5-6-13-21(20)27(15)23(29)16-8-3-2-4-9-16/h2-13,15H,14H2,1H3. The van der Waals surface area contributed by atoms with Crippen molar-refractivity contribution in [2.75, 3.05) is 9.80 Å². The van der Waals surface area contributed by atoms with Crippen molar-refractivity contribution in [2.45, 2.75) is 19.5 Å². The van der Waals surface area contributed by atoms with Crippen LogP contribution < -0.4 is 9.80 Å². The first-order valence-corrected chi connectivity index (χ1v) is 9.58. The average Bonchev–Trinajstić information content (AvgIpc) is 2.74. The minimum atomic E-state index is -0.747. The monoisotopic (exact) mass is 408 g/mol. The van der Waals surface area contributed by atoms with Crippen molar-refractivity contribution in [1.29, 1.82) is 0 Å². The number of halogens is 2. The number of para-hydroxylation sites is 2. The van der Waals surface area contributed by atoms with Gasteiger partial charge in [-0.2, -0.15) is 0 Å². The van der Waals surface area contributed by atoms with E-state index in [0.717, 1.165) is 0 Å². The first-order chi connectivity index (χ1) is 14.0. The van der Waals surface area contributed by atoms with Crippen LogP contribution in [-0.4, -0.2) is 17.9 Å². The van der Waals surface area contributed by atoms with E-state index in [4.69, 9.17) is 11.6 Å². The summed E-state index contributed by atoms with van der Waals surface area (Å²) >= 11 is 6.18. The molecule has 0 saturated heterocycles. The number of hydrogen-bond donors (Lipinski definition) is 0. The van der Waals surface area contributed by atoms with Gasteiger partial charge in [0.25, 0.3) is 5.91 Å². The van der Waals surface area contributed by atoms with Crippen LogP contribution in [0, 0.1) is 5.82 Å². The summed E-state index contributed by atoms with van der Waals surface area (Å²) in [5.41, 5.74) is 1.88. The Labute approximate surface area is 173 Å². The number of nitrogens with zero attached hydrogens (tertiary/aromatic N) is 2. The summed E-state index contributed by atoms with van der Waals surface area (Å²) in [5, 5.41) is 0.255. The predicted octanol–water partition coefficient (Wildman–Crippen LogP) is 5.06. The van der Waals surface area contributed by atoms with Crippen molar-refractivity contribution in [1.82, 2.24) is 0 Å². The summed E-state index contributed by atoms with van der Waals surface area (Å²) in [5.74, 6) is -1.03. The van der Waals surface area contributed by atoms with Gasteiger partial charge in [-0.3, -0.25) is 14.5 Å². The van der Waals surface area contributed by atoms with Gasteiger partial charge in [0.1, 0.15) is 11.9 Å². The van der Waals surface area contributed by atoms with Gasteiger partial charge in [0.05, 0.1) is 17.9 Å². The molecule has 0 spiro atoms. The van der Waals surface area contributed by atoms with Gasteiger partial charge in [0, 0.05) is 16.1 Å². The Morgan fingerprint density at radius 3 is 2.31 bits per heavy atom. The average molecular weight is 409 g/mol. The molecule has 1 atom stereocenters. The number of carbonyl (C=O) groups is 2. The summed E-state index contributed by atoms with van der Waals surface area (Å²) < 4.78 is 14.3. The molecule has 3 aromatic rings. The van der Waals surface area contributed by atoms with Gasteiger partial charge in [-0.15, -0.1) is 0 Å². The van der Waals surface area contributed by atoms with E-state index in [1.54, 1.807) is 61.5 Å². The lowest BCUT2D eigenvalue weighted by Gasteiger charge is -2.40. The van der Waals surface area contributed by atoms with E-state index in [1.165, 1.54) is 21.9 Å². The maximum absolute atomic E-state index is 14.3. The fraction of sp³-hybridized carbons (Fsp3) is 0.130. The molecule has 0 N–H and O–H groups in total. The molecule has 4 rings (SSSR count). The molecule has 4 nitrogen and oxygen atoms in total. The molecule has 0 saturated carbocycles. The Morgan fingerprint density at radius 1 is 0.966 bits per heavy atom. The van der Waals surface area contributed by atoms with Gasteiger partial charge >= 0.3 is 0 Å². The van der Waals surface area contributed by atoms with Gasteiger partial charge < -0.3 is 4.90 Å². The normalized spacial score (nSPS) is 16.0. The molecule has 1 unspecified atom stereocenters. The fourth-order valence-electron chi connectivity index (χ4n) is 3.57. The molecule has 1 aliphatic rings. The number of anilines is 2. The second kappa shape index (κ2) is 7.68. The van der Waals surface area contributed by atoms with Crippen LogP contribution in [0.5, 0.6) is 0 Å². The first kappa shape index (κ1) is 19.2. The van der Waals surface area contributed by atoms with Gasteiger partial charge in [0.2, 0.25) is 5.91 Å². The number of benzene rings is 3. The van der Waals surface area contributed by atoms with Crippen LogP contribution in [-0.2, 0) is 11.3 Å². The quantitative estimate of drug-likeness (QED) is 0.607. The summed E-state index contributed by atoms with van der Waals surface area (Å²) in [6.07, 6.45) is 0. The van der Waals surface area contributed by atoms with Crippen molar-refractivity contribution in [3.8, 4) is 0 Å². The van der Waals surface area contributed by atoms with Crippen molar-refractivity contribution in [2.24, 2.45) is 0 Å². The summed E-state index contributed by atoms with van der Waals surface area (Å²) in [6.45, 7) is 1.66. The molecule has 1 heterocycles. The molecule has 1 aliphatic heterocycles. The van der Waals surface area contributed by atoms with E-state index in [-0.39, 0.29) is 28.9 Å². The number of fused-ring (bicyclic) bond motifs is 1. The molecule has 3 aromatic carbocycles. The largest absolute Gasteiger partial charge is 0.304 e. The van der Waals surface area contributed by atoms with Crippen LogP contribution in [0.15, 0.2) is 72.8 Å². The Hall–Kier alpha value is -3.18. The third-order valence-electron chi connectivity index (χ3n) is 5.06. The minimum Gasteiger partial charge on any atom is -0.304 e. The van der Waals surface area contributed by atoms with E-state index < -0.39 is 11.9 Å². The third kappa shape index (κ3) is 3.38. The van der Waals surface area contributed by atoms with E-state index in [0.29, 0.717) is 16.9 Å². The molecular formula is C23H18ClFN2O2. The summed E-state index contributed by atoms with van der Waals surface area (Å²) in [7, 11) is 0. The molecule has 6 heteroatoms. The maximum atomic E-state index is 14.3. The molecule has 0 aliphatic carbocycles. The molecule has 0 bridgehead atoms. The molecule has 29 heavy (non-hydrogen) atoms. The number of rotatable bonds is 3. The van der Waals surface area contributed by atoms with Crippen molar-refractivity contribution >= 4 is 34.8 Å². The second-order valence-electron chi connectivity index (χ2n) is 6.83. The Bertz CT molecular complexity index is 1070. The lowest BCUT2D eigenvalue weighted by molar-refractivity contribution is -0.119. The summed E-state index contributed by atoms with van der Waals surface area (Å²) in [6, 6.07) is 19.6. The van der Waals surface area contributed by atoms with Gasteiger partial charge in [-0.25, -0.2) is 4.39 Å². The lowest BCUT2D eigenvalue weighted by Crippen LogP contribution is -2.54. The van der Waals surface area contributed by atoms with Crippen LogP contribution in [0.3, 0.4) is 0 Å². The number of carbonyl (C=O) groups excluding carboxylic acids is 2. The van der Waals surface area contributed by atoms with E-state index in [2.05, 4.69) is 0 Å². The highest BCUT2D eigenvalue weighted by molar-refractivity contribution is 6.31. The number of hydrogen-bond acceptors (Lipinski definition) is 2. The van der Waals surface area contributed by atoms with E-state index >= 15 is 0 Å². The van der Waals surface area contributed by atoms with Crippen LogP contribution in [0.1, 0.15) is 22.8 Å². The third-order valence-corrected chi connectivity index (χ3v) is 5.41.